The summed E-state index contributed by atoms with van der Waals surface area (Å²) in [4.78, 5) is 3.87. The number of benzene rings is 1. The maximum Gasteiger partial charge on any atom is 0.0277 e. The Morgan fingerprint density at radius 2 is 1.79 bits per heavy atom. The molecule has 0 fully saturated rings. The van der Waals surface area contributed by atoms with E-state index < -0.39 is 0 Å². The highest BCUT2D eigenvalue weighted by atomic mass is 14.6. The van der Waals surface area contributed by atoms with E-state index >= 15 is 0 Å². The maximum atomic E-state index is 3.87. The van der Waals surface area contributed by atoms with Crippen molar-refractivity contribution in [3.05, 3.63) is 41.5 Å². The van der Waals surface area contributed by atoms with Gasteiger partial charge >= 0.3 is 0 Å². The van der Waals surface area contributed by atoms with E-state index in [9.17, 15) is 0 Å². The summed E-state index contributed by atoms with van der Waals surface area (Å²) >= 11 is 0. The van der Waals surface area contributed by atoms with Gasteiger partial charge in [-0.3, -0.25) is 4.99 Å². The van der Waals surface area contributed by atoms with E-state index in [4.69, 9.17) is 0 Å². The molecule has 0 heterocycles. The van der Waals surface area contributed by atoms with Gasteiger partial charge in [-0.25, -0.2) is 0 Å². The molecule has 0 radical (unpaired) electrons. The van der Waals surface area contributed by atoms with Crippen molar-refractivity contribution in [2.75, 3.05) is 7.05 Å². The number of nitrogens with zero attached hydrogens (tertiary/aromatic N) is 1. The second-order valence-corrected chi connectivity index (χ2v) is 2.62. The summed E-state index contributed by atoms with van der Waals surface area (Å²) in [5.74, 6) is 0. The zero-order valence-electron chi connectivity index (χ0n) is 9.49. The number of hydrogen-bond acceptors (Lipinski definition) is 1. The quantitative estimate of drug-likeness (QED) is 0.628. The van der Waals surface area contributed by atoms with Crippen LogP contribution in [0.3, 0.4) is 0 Å². The minimum atomic E-state index is 1.25. The van der Waals surface area contributed by atoms with Gasteiger partial charge in [0.2, 0.25) is 0 Å². The highest BCUT2D eigenvalue weighted by molar-refractivity contribution is 5.78. The molecule has 0 spiro atoms. The minimum absolute atomic E-state index is 1.25. The summed E-state index contributed by atoms with van der Waals surface area (Å²) in [6.07, 6.45) is 5.79. The van der Waals surface area contributed by atoms with Crippen LogP contribution in [-0.2, 0) is 0 Å². The topological polar surface area (TPSA) is 12.4 Å². The van der Waals surface area contributed by atoms with Gasteiger partial charge in [0.15, 0.2) is 0 Å². The van der Waals surface area contributed by atoms with Gasteiger partial charge in [-0.15, -0.1) is 0 Å². The maximum absolute atomic E-state index is 3.87. The van der Waals surface area contributed by atoms with E-state index in [0.717, 1.165) is 0 Å². The Labute approximate surface area is 87.2 Å². The van der Waals surface area contributed by atoms with Gasteiger partial charge in [0.05, 0.1) is 0 Å². The molecule has 0 saturated heterocycles. The largest absolute Gasteiger partial charge is 0.297 e. The summed E-state index contributed by atoms with van der Waals surface area (Å²) < 4.78 is 0. The lowest BCUT2D eigenvalue weighted by Gasteiger charge is -1.96. The van der Waals surface area contributed by atoms with Gasteiger partial charge in [-0.2, -0.15) is 0 Å². The fourth-order valence-corrected chi connectivity index (χ4v) is 1.01. The summed E-state index contributed by atoms with van der Waals surface area (Å²) in [5, 5.41) is 0. The summed E-state index contributed by atoms with van der Waals surface area (Å²) in [7, 11) is 1.77. The van der Waals surface area contributed by atoms with Crippen molar-refractivity contribution in [1.29, 1.82) is 0 Å². The molecule has 0 unspecified atom stereocenters. The molecular weight excluding hydrogens is 170 g/mol. The Morgan fingerprint density at radius 1 is 1.14 bits per heavy atom. The number of rotatable bonds is 2. The Kier molecular flexibility index (Phi) is 7.43. The van der Waals surface area contributed by atoms with Crippen LogP contribution in [0.15, 0.2) is 35.3 Å². The average Bonchev–Trinajstić information content (AvgIpc) is 2.24. The summed E-state index contributed by atoms with van der Waals surface area (Å²) in [6, 6.07) is 8.27. The van der Waals surface area contributed by atoms with Gasteiger partial charge in [-0.1, -0.05) is 44.2 Å². The Hall–Kier alpha value is -1.37. The van der Waals surface area contributed by atoms with Crippen LogP contribution < -0.4 is 0 Å². The molecule has 0 aliphatic heterocycles. The van der Waals surface area contributed by atoms with Crippen LogP contribution in [0.5, 0.6) is 0 Å². The molecule has 0 aliphatic rings. The lowest BCUT2D eigenvalue weighted by Crippen LogP contribution is -1.77. The molecule has 1 heteroatoms. The lowest BCUT2D eigenvalue weighted by atomic mass is 10.1. The van der Waals surface area contributed by atoms with Crippen molar-refractivity contribution in [2.45, 2.75) is 20.8 Å². The van der Waals surface area contributed by atoms with Gasteiger partial charge in [-0.05, 0) is 24.1 Å². The molecule has 76 valence electrons. The predicted octanol–water partition coefficient (Wildman–Crippen LogP) is 3.74. The second-order valence-electron chi connectivity index (χ2n) is 2.62. The molecule has 0 N–H and O–H groups in total. The standard InChI is InChI=1S/C11H13N.C2H6/c1-10-6-3-4-7-11(10)8-5-9-12-2;1-2/h3-9H,1-2H3;1-2H3/b8-5-,12-9?;. The first-order valence-electron chi connectivity index (χ1n) is 4.99. The van der Waals surface area contributed by atoms with Crippen LogP contribution in [0.4, 0.5) is 0 Å². The minimum Gasteiger partial charge on any atom is -0.297 e. The van der Waals surface area contributed by atoms with E-state index in [1.54, 1.807) is 13.3 Å². The average molecular weight is 189 g/mol. The molecule has 0 bridgehead atoms. The van der Waals surface area contributed by atoms with Crippen LogP contribution in [0.25, 0.3) is 6.08 Å². The van der Waals surface area contributed by atoms with Gasteiger partial charge in [0.1, 0.15) is 0 Å². The molecule has 14 heavy (non-hydrogen) atoms. The number of aryl methyl sites for hydroxylation is 1. The first kappa shape index (κ1) is 12.6. The van der Waals surface area contributed by atoms with Crippen molar-refractivity contribution >= 4 is 12.3 Å². The van der Waals surface area contributed by atoms with Gasteiger partial charge < -0.3 is 0 Å². The van der Waals surface area contributed by atoms with Gasteiger partial charge in [0.25, 0.3) is 0 Å². The smallest absolute Gasteiger partial charge is 0.0277 e. The third-order valence-corrected chi connectivity index (χ3v) is 1.70. The van der Waals surface area contributed by atoms with E-state index in [-0.39, 0.29) is 0 Å². The molecule has 0 aromatic heterocycles. The molecule has 1 aromatic carbocycles. The van der Waals surface area contributed by atoms with Crippen molar-refractivity contribution in [3.8, 4) is 0 Å². The Bertz CT molecular complexity index is 298. The Balaban J connectivity index is 0.000000791. The summed E-state index contributed by atoms with van der Waals surface area (Å²) in [5.41, 5.74) is 2.54. The van der Waals surface area contributed by atoms with Crippen LogP contribution in [-0.4, -0.2) is 13.3 Å². The molecule has 1 nitrogen and oxygen atoms in total. The molecule has 0 saturated carbocycles. The molecule has 0 atom stereocenters. The third-order valence-electron chi connectivity index (χ3n) is 1.70. The van der Waals surface area contributed by atoms with Crippen LogP contribution in [0, 0.1) is 6.92 Å². The Morgan fingerprint density at radius 3 is 2.36 bits per heavy atom. The SMILES string of the molecule is CC.CN=C/C=C\c1ccccc1C. The van der Waals surface area contributed by atoms with Crippen LogP contribution >= 0.6 is 0 Å². The van der Waals surface area contributed by atoms with Crippen molar-refractivity contribution in [2.24, 2.45) is 4.99 Å². The summed E-state index contributed by atoms with van der Waals surface area (Å²) in [6.45, 7) is 6.10. The molecule has 0 amide bonds. The lowest BCUT2D eigenvalue weighted by molar-refractivity contribution is 1.44. The van der Waals surface area contributed by atoms with E-state index in [1.807, 2.05) is 32.1 Å². The molecule has 1 aromatic rings. The number of hydrogen-bond donors (Lipinski definition) is 0. The van der Waals surface area contributed by atoms with Crippen molar-refractivity contribution < 1.29 is 0 Å². The normalized spacial score (nSPS) is 10.3. The molecule has 0 aliphatic carbocycles. The fourth-order valence-electron chi connectivity index (χ4n) is 1.01. The molecule has 1 rings (SSSR count). The zero-order valence-corrected chi connectivity index (χ0v) is 9.49. The number of allylic oxidation sites excluding steroid dienone is 1. The van der Waals surface area contributed by atoms with Crippen LogP contribution in [0.2, 0.25) is 0 Å². The van der Waals surface area contributed by atoms with Crippen LogP contribution in [0.1, 0.15) is 25.0 Å². The van der Waals surface area contributed by atoms with E-state index in [0.29, 0.717) is 0 Å². The zero-order chi connectivity index (χ0) is 10.8. The van der Waals surface area contributed by atoms with E-state index in [1.165, 1.54) is 11.1 Å². The highest BCUT2D eigenvalue weighted by Crippen LogP contribution is 2.07. The second kappa shape index (κ2) is 8.24. The highest BCUT2D eigenvalue weighted by Gasteiger charge is 1.88. The van der Waals surface area contributed by atoms with Gasteiger partial charge in [0, 0.05) is 13.3 Å². The third kappa shape index (κ3) is 4.61. The molecular formula is C13H19N. The first-order valence-corrected chi connectivity index (χ1v) is 4.99. The number of aliphatic imine (C=N–C) groups is 1. The first-order chi connectivity index (χ1) is 6.84. The predicted molar refractivity (Wildman–Crippen MR) is 66.0 cm³/mol. The fraction of sp³-hybridized carbons (Fsp3) is 0.308. The van der Waals surface area contributed by atoms with Crippen molar-refractivity contribution in [1.82, 2.24) is 0 Å². The monoisotopic (exact) mass is 189 g/mol. The van der Waals surface area contributed by atoms with E-state index in [2.05, 4.69) is 30.1 Å². The van der Waals surface area contributed by atoms with Crippen molar-refractivity contribution in [3.63, 3.8) is 0 Å².